The van der Waals surface area contributed by atoms with Crippen LogP contribution in [0.1, 0.15) is 27.8 Å². The fourth-order valence-electron chi connectivity index (χ4n) is 4.01. The first-order valence-electron chi connectivity index (χ1n) is 11.6. The van der Waals surface area contributed by atoms with Crippen LogP contribution in [0.25, 0.3) is 11.1 Å². The van der Waals surface area contributed by atoms with E-state index < -0.39 is 35.2 Å². The van der Waals surface area contributed by atoms with Gasteiger partial charge < -0.3 is 15.8 Å². The van der Waals surface area contributed by atoms with Gasteiger partial charge in [-0.25, -0.2) is 4.98 Å². The molecule has 2 amide bonds. The van der Waals surface area contributed by atoms with Crippen LogP contribution in [0.3, 0.4) is 0 Å². The second-order valence-corrected chi connectivity index (χ2v) is 8.95. The molecule has 3 N–H and O–H groups in total. The van der Waals surface area contributed by atoms with Crippen molar-refractivity contribution in [3.8, 4) is 16.9 Å². The lowest BCUT2D eigenvalue weighted by atomic mass is 9.99. The maximum absolute atomic E-state index is 13.8. The number of nitrogens with two attached hydrogens (primary N) is 1. The first kappa shape index (κ1) is 28.3. The van der Waals surface area contributed by atoms with Gasteiger partial charge in [0.2, 0.25) is 5.91 Å². The van der Waals surface area contributed by atoms with E-state index in [0.717, 1.165) is 28.8 Å². The minimum atomic E-state index is -4.74. The summed E-state index contributed by atoms with van der Waals surface area (Å²) < 4.78 is 47.7. The van der Waals surface area contributed by atoms with Crippen molar-refractivity contribution in [2.24, 2.45) is 5.73 Å². The number of amides is 2. The number of ether oxygens (including phenoxy) is 1. The smallest absolute Gasteiger partial charge is 0.417 e. The molecule has 0 radical (unpaired) electrons. The monoisotopic (exact) mass is 571 g/mol. The number of primary amides is 1. The van der Waals surface area contributed by atoms with Crippen LogP contribution in [-0.2, 0) is 17.4 Å². The molecule has 0 saturated heterocycles. The van der Waals surface area contributed by atoms with Crippen molar-refractivity contribution in [2.45, 2.75) is 18.6 Å². The summed E-state index contributed by atoms with van der Waals surface area (Å²) in [6.07, 6.45) is -0.881. The number of carbonyl (C=O) groups excluding carboxylic acids is 2. The molecule has 206 valence electrons. The fraction of sp³-hybridized carbons (Fsp3) is 0.148. The molecule has 0 aliphatic carbocycles. The normalized spacial score (nSPS) is 12.0. The lowest BCUT2D eigenvalue weighted by Gasteiger charge is -2.22. The minimum Gasteiger partial charge on any atom is -0.495 e. The van der Waals surface area contributed by atoms with Gasteiger partial charge in [-0.15, -0.1) is 0 Å². The Hall–Kier alpha value is -4.71. The third-order valence-corrected chi connectivity index (χ3v) is 6.13. The zero-order valence-electron chi connectivity index (χ0n) is 20.8. The molecule has 4 rings (SSSR count). The Kier molecular flexibility index (Phi) is 8.19. The molecule has 40 heavy (non-hydrogen) atoms. The molecule has 3 aromatic heterocycles. The summed E-state index contributed by atoms with van der Waals surface area (Å²) in [5, 5.41) is 2.65. The zero-order chi connectivity index (χ0) is 29.0. The van der Waals surface area contributed by atoms with Crippen molar-refractivity contribution in [1.29, 1.82) is 0 Å². The largest absolute Gasteiger partial charge is 0.495 e. The predicted octanol–water partition coefficient (Wildman–Crippen LogP) is 4.51. The van der Waals surface area contributed by atoms with Gasteiger partial charge in [0.25, 0.3) is 11.5 Å². The highest BCUT2D eigenvalue weighted by Crippen LogP contribution is 2.41. The lowest BCUT2D eigenvalue weighted by molar-refractivity contribution is -0.137. The summed E-state index contributed by atoms with van der Waals surface area (Å²) in [5.74, 6) is -1.51. The number of carbonyl (C=O) groups is 2. The first-order chi connectivity index (χ1) is 19.0. The standard InChI is InChI=1S/C27H21ClF3N5O4/c1-40-23-14-36(24(37)12-19(23)18-10-15(28)5-7-20(18)27(29,30)31)22(11-16-4-2-3-9-33-16)26(39)35-17-6-8-21(25(32)38)34-13-17/h2-10,12-14,22H,11H2,1H3,(H2,32,38)(H,35,39). The van der Waals surface area contributed by atoms with E-state index in [4.69, 9.17) is 22.1 Å². The Morgan fingerprint density at radius 1 is 1.10 bits per heavy atom. The number of methoxy groups -OCH3 is 1. The van der Waals surface area contributed by atoms with Gasteiger partial charge in [0.05, 0.1) is 30.8 Å². The molecule has 0 aliphatic rings. The number of pyridine rings is 3. The number of alkyl halides is 3. The van der Waals surface area contributed by atoms with Gasteiger partial charge in [0, 0.05) is 35.0 Å². The van der Waals surface area contributed by atoms with Crippen molar-refractivity contribution in [1.82, 2.24) is 14.5 Å². The topological polar surface area (TPSA) is 129 Å². The molecule has 0 fully saturated rings. The van der Waals surface area contributed by atoms with Crippen LogP contribution >= 0.6 is 11.6 Å². The molecule has 4 aromatic rings. The van der Waals surface area contributed by atoms with E-state index in [1.165, 1.54) is 37.8 Å². The van der Waals surface area contributed by atoms with E-state index >= 15 is 0 Å². The summed E-state index contributed by atoms with van der Waals surface area (Å²) in [5.41, 5.74) is 3.57. The molecule has 9 nitrogen and oxygen atoms in total. The third kappa shape index (κ3) is 6.29. The maximum atomic E-state index is 13.8. The lowest BCUT2D eigenvalue weighted by Crippen LogP contribution is -2.34. The van der Waals surface area contributed by atoms with Crippen molar-refractivity contribution < 1.29 is 27.5 Å². The number of nitrogens with one attached hydrogen (secondary N) is 1. The van der Waals surface area contributed by atoms with E-state index in [-0.39, 0.29) is 39.7 Å². The molecule has 1 unspecified atom stereocenters. The molecule has 0 spiro atoms. The second kappa shape index (κ2) is 11.6. The first-order valence-corrected chi connectivity index (χ1v) is 12.0. The van der Waals surface area contributed by atoms with Crippen LogP contribution < -0.4 is 21.3 Å². The predicted molar refractivity (Wildman–Crippen MR) is 141 cm³/mol. The molecule has 1 aromatic carbocycles. The van der Waals surface area contributed by atoms with Gasteiger partial charge in [-0.05, 0) is 48.0 Å². The highest BCUT2D eigenvalue weighted by molar-refractivity contribution is 6.30. The Balaban J connectivity index is 1.80. The average Bonchev–Trinajstić information content (AvgIpc) is 2.92. The van der Waals surface area contributed by atoms with E-state index in [1.807, 2.05) is 0 Å². The molecule has 0 aliphatic heterocycles. The Morgan fingerprint density at radius 3 is 2.48 bits per heavy atom. The summed E-state index contributed by atoms with van der Waals surface area (Å²) in [6.45, 7) is 0. The highest BCUT2D eigenvalue weighted by atomic mass is 35.5. The molecule has 0 saturated carbocycles. The SMILES string of the molecule is COc1cn(C(Cc2ccccn2)C(=O)Nc2ccc(C(N)=O)nc2)c(=O)cc1-c1cc(Cl)ccc1C(F)(F)F. The van der Waals surface area contributed by atoms with Crippen molar-refractivity contribution in [3.63, 3.8) is 0 Å². The number of halogens is 4. The van der Waals surface area contributed by atoms with Gasteiger partial charge in [-0.1, -0.05) is 17.7 Å². The minimum absolute atomic E-state index is 0.0150. The summed E-state index contributed by atoms with van der Waals surface area (Å²) in [7, 11) is 1.23. The molecular formula is C27H21ClF3N5O4. The van der Waals surface area contributed by atoms with E-state index in [1.54, 1.807) is 18.2 Å². The number of hydrogen-bond donors (Lipinski definition) is 2. The van der Waals surface area contributed by atoms with Gasteiger partial charge >= 0.3 is 6.18 Å². The summed E-state index contributed by atoms with van der Waals surface area (Å²) in [6, 6.07) is 10.5. The summed E-state index contributed by atoms with van der Waals surface area (Å²) >= 11 is 5.99. The Bertz CT molecular complexity index is 1610. The maximum Gasteiger partial charge on any atom is 0.417 e. The second-order valence-electron chi connectivity index (χ2n) is 8.52. The summed E-state index contributed by atoms with van der Waals surface area (Å²) in [4.78, 5) is 46.2. The van der Waals surface area contributed by atoms with Crippen LogP contribution in [0, 0.1) is 0 Å². The van der Waals surface area contributed by atoms with E-state index in [0.29, 0.717) is 5.69 Å². The van der Waals surface area contributed by atoms with Gasteiger partial charge in [-0.3, -0.25) is 23.9 Å². The average molecular weight is 572 g/mol. The van der Waals surface area contributed by atoms with Crippen molar-refractivity contribution in [3.05, 3.63) is 106 Å². The van der Waals surface area contributed by atoms with Crippen molar-refractivity contribution in [2.75, 3.05) is 12.4 Å². The number of aromatic nitrogens is 3. The van der Waals surface area contributed by atoms with E-state index in [9.17, 15) is 27.6 Å². The number of anilines is 1. The number of nitrogens with zero attached hydrogens (tertiary/aromatic N) is 3. The van der Waals surface area contributed by atoms with Crippen molar-refractivity contribution >= 4 is 29.1 Å². The van der Waals surface area contributed by atoms with Crippen LogP contribution in [0.5, 0.6) is 5.75 Å². The highest BCUT2D eigenvalue weighted by Gasteiger charge is 2.35. The zero-order valence-corrected chi connectivity index (χ0v) is 21.5. The Labute approximate surface area is 230 Å². The van der Waals surface area contributed by atoms with Crippen LogP contribution in [0.2, 0.25) is 5.02 Å². The molecule has 13 heteroatoms. The van der Waals surface area contributed by atoms with Crippen LogP contribution in [-0.4, -0.2) is 33.5 Å². The molecule has 1 atom stereocenters. The van der Waals surface area contributed by atoms with Crippen LogP contribution in [0.4, 0.5) is 18.9 Å². The fourth-order valence-corrected chi connectivity index (χ4v) is 4.18. The van der Waals surface area contributed by atoms with Crippen LogP contribution in [0.15, 0.2) is 78.0 Å². The molecule has 0 bridgehead atoms. The van der Waals surface area contributed by atoms with Gasteiger partial charge in [-0.2, -0.15) is 13.2 Å². The number of benzene rings is 1. The molecule has 3 heterocycles. The van der Waals surface area contributed by atoms with Gasteiger partial charge in [0.1, 0.15) is 17.5 Å². The third-order valence-electron chi connectivity index (χ3n) is 5.89. The number of rotatable bonds is 8. The number of hydrogen-bond acceptors (Lipinski definition) is 6. The quantitative estimate of drug-likeness (QED) is 0.320. The van der Waals surface area contributed by atoms with E-state index in [2.05, 4.69) is 15.3 Å². The van der Waals surface area contributed by atoms with Gasteiger partial charge in [0.15, 0.2) is 0 Å². The Morgan fingerprint density at radius 2 is 1.88 bits per heavy atom. The molecular weight excluding hydrogens is 551 g/mol.